The van der Waals surface area contributed by atoms with Crippen molar-refractivity contribution in [2.24, 2.45) is 40.4 Å². The average Bonchev–Trinajstić information content (AvgIpc) is 3.07. The van der Waals surface area contributed by atoms with Crippen LogP contribution in [0.5, 0.6) is 0 Å². The van der Waals surface area contributed by atoms with Crippen LogP contribution in [0.1, 0.15) is 72.1 Å². The van der Waals surface area contributed by atoms with E-state index in [0.717, 1.165) is 30.4 Å². The summed E-state index contributed by atoms with van der Waals surface area (Å²) in [6.45, 7) is 7.48. The van der Waals surface area contributed by atoms with Crippen LogP contribution in [0.25, 0.3) is 0 Å². The van der Waals surface area contributed by atoms with Crippen LogP contribution in [0.2, 0.25) is 0 Å². The summed E-state index contributed by atoms with van der Waals surface area (Å²) in [5, 5.41) is 22.1. The summed E-state index contributed by atoms with van der Waals surface area (Å²) in [7, 11) is 0. The van der Waals surface area contributed by atoms with Gasteiger partial charge in [0.2, 0.25) is 0 Å². The largest absolute Gasteiger partial charge is 0.871 e. The fourth-order valence-electron chi connectivity index (χ4n) is 8.83. The maximum absolute atomic E-state index is 12.4. The van der Waals surface area contributed by atoms with Gasteiger partial charge >= 0.3 is 0 Å². The predicted molar refractivity (Wildman–Crippen MR) is 96.1 cm³/mol. The molecule has 5 rings (SSSR count). The first-order chi connectivity index (χ1) is 12.3. The SMILES string of the molecule is C[C@@H](CO)[C@H]1CC[C@H]2[C@@H]3CCC45C(=C([O-])CC[C@]4(C)[C@H]3CC[C@]12C)[N+]5=N. The lowest BCUT2D eigenvalue weighted by Gasteiger charge is -2.57. The van der Waals surface area contributed by atoms with Crippen molar-refractivity contribution >= 4 is 0 Å². The third kappa shape index (κ3) is 1.72. The number of hydrogen-bond donors (Lipinski definition) is 2. The molecule has 3 saturated carbocycles. The van der Waals surface area contributed by atoms with Gasteiger partial charge in [0, 0.05) is 18.4 Å². The van der Waals surface area contributed by atoms with Gasteiger partial charge in [-0.15, -0.1) is 0 Å². The Morgan fingerprint density at radius 3 is 2.65 bits per heavy atom. The molecule has 0 aromatic carbocycles. The van der Waals surface area contributed by atoms with Crippen molar-refractivity contribution in [2.75, 3.05) is 6.61 Å². The number of fused-ring (bicyclic) bond motifs is 4. The number of aliphatic hydroxyl groups excluding tert-OH is 1. The van der Waals surface area contributed by atoms with Crippen LogP contribution in [0.15, 0.2) is 11.5 Å². The summed E-state index contributed by atoms with van der Waals surface area (Å²) in [6, 6.07) is 0. The number of nitrogens with one attached hydrogen (secondary N) is 1. The van der Waals surface area contributed by atoms with E-state index in [2.05, 4.69) is 20.8 Å². The summed E-state index contributed by atoms with van der Waals surface area (Å²) in [5.74, 6) is 3.50. The van der Waals surface area contributed by atoms with Gasteiger partial charge in [-0.25, -0.2) is 0 Å². The lowest BCUT2D eigenvalue weighted by Crippen LogP contribution is -2.57. The highest BCUT2D eigenvalue weighted by atomic mass is 16.3. The Hall–Kier alpha value is -0.900. The Morgan fingerprint density at radius 2 is 1.92 bits per heavy atom. The second-order valence-electron chi connectivity index (χ2n) is 10.7. The molecular weight excluding hydrogens is 324 g/mol. The zero-order chi connectivity index (χ0) is 18.5. The molecule has 0 radical (unpaired) electrons. The van der Waals surface area contributed by atoms with Crippen molar-refractivity contribution < 1.29 is 14.9 Å². The first-order valence-corrected chi connectivity index (χ1v) is 10.8. The Labute approximate surface area is 157 Å². The van der Waals surface area contributed by atoms with Crippen LogP contribution in [0.3, 0.4) is 0 Å². The quantitative estimate of drug-likeness (QED) is 0.584. The van der Waals surface area contributed by atoms with Gasteiger partial charge in [-0.3, -0.25) is 0 Å². The smallest absolute Gasteiger partial charge is 0.282 e. The fraction of sp³-hybridized carbons (Fsp3) is 0.909. The molecule has 144 valence electrons. The molecule has 0 aromatic rings. The molecule has 1 spiro atoms. The van der Waals surface area contributed by atoms with E-state index in [1.165, 1.54) is 32.1 Å². The molecular formula is C22H34N2O2. The normalized spacial score (nSPS) is 53.5. The maximum Gasteiger partial charge on any atom is 0.282 e. The second-order valence-corrected chi connectivity index (χ2v) is 10.7. The minimum absolute atomic E-state index is 0.114. The number of allylic oxidation sites excluding steroid dienone is 1. The van der Waals surface area contributed by atoms with E-state index in [1.807, 2.05) is 0 Å². The van der Waals surface area contributed by atoms with Gasteiger partial charge in [-0.05, 0) is 80.0 Å². The maximum atomic E-state index is 12.4. The third-order valence-corrected chi connectivity index (χ3v) is 10.2. The van der Waals surface area contributed by atoms with Gasteiger partial charge in [-0.1, -0.05) is 36.8 Å². The fourth-order valence-corrected chi connectivity index (χ4v) is 8.83. The Balaban J connectivity index is 1.49. The summed E-state index contributed by atoms with van der Waals surface area (Å²) in [5.41, 5.74) is 9.60. The van der Waals surface area contributed by atoms with Gasteiger partial charge < -0.3 is 10.2 Å². The zero-order valence-corrected chi connectivity index (χ0v) is 16.6. The van der Waals surface area contributed by atoms with Crippen LogP contribution in [0.4, 0.5) is 0 Å². The van der Waals surface area contributed by atoms with E-state index in [-0.39, 0.29) is 16.7 Å². The highest BCUT2D eigenvalue weighted by Crippen LogP contribution is 2.73. The molecule has 4 nitrogen and oxygen atoms in total. The number of rotatable bonds is 2. The minimum atomic E-state index is -0.215. The van der Waals surface area contributed by atoms with Crippen molar-refractivity contribution in [3.8, 4) is 0 Å². The third-order valence-electron chi connectivity index (χ3n) is 10.2. The van der Waals surface area contributed by atoms with Crippen molar-refractivity contribution in [1.29, 1.82) is 5.53 Å². The van der Waals surface area contributed by atoms with E-state index in [1.54, 1.807) is 4.70 Å². The number of nitrogens with zero attached hydrogens (tertiary/aromatic N) is 1. The summed E-state index contributed by atoms with van der Waals surface area (Å²) in [6.07, 6.45) is 8.93. The minimum Gasteiger partial charge on any atom is -0.871 e. The van der Waals surface area contributed by atoms with Crippen molar-refractivity contribution in [1.82, 2.24) is 0 Å². The molecule has 1 saturated heterocycles. The first-order valence-electron chi connectivity index (χ1n) is 10.8. The van der Waals surface area contributed by atoms with Crippen LogP contribution < -0.4 is 5.11 Å². The van der Waals surface area contributed by atoms with Crippen molar-refractivity contribution in [2.45, 2.75) is 77.7 Å². The number of hydrogen-bond acceptors (Lipinski definition) is 3. The van der Waals surface area contributed by atoms with Crippen molar-refractivity contribution in [3.63, 3.8) is 0 Å². The molecule has 0 amide bonds. The average molecular weight is 359 g/mol. The number of aliphatic hydroxyl groups is 1. The van der Waals surface area contributed by atoms with E-state index in [4.69, 9.17) is 5.53 Å². The standard InChI is InChI=1S/C22H34N2O2/c1-13(12-25)15-4-5-16-14-6-11-22-19(24(22)23)18(26)8-10-21(22,3)17(14)7-9-20(15,16)2/h13-17,25H,4-12H2,1-3H3,(H-,23,26)/t13-,14-,15+,16-,17-,20+,21+,22?/m0/s1. The molecule has 2 N–H and O–H groups in total. The van der Waals surface area contributed by atoms with Gasteiger partial charge in [0.05, 0.1) is 0 Å². The topological polar surface area (TPSA) is 70.2 Å². The summed E-state index contributed by atoms with van der Waals surface area (Å²) < 4.78 is 1.62. The molecule has 4 fully saturated rings. The van der Waals surface area contributed by atoms with Crippen LogP contribution in [-0.2, 0) is 0 Å². The lowest BCUT2D eigenvalue weighted by atomic mass is 9.44. The highest BCUT2D eigenvalue weighted by Gasteiger charge is 2.83. The van der Waals surface area contributed by atoms with Crippen LogP contribution >= 0.6 is 0 Å². The lowest BCUT2D eigenvalue weighted by molar-refractivity contribution is -0.499. The van der Waals surface area contributed by atoms with E-state index >= 15 is 0 Å². The van der Waals surface area contributed by atoms with Gasteiger partial charge in [-0.2, -0.15) is 0 Å². The van der Waals surface area contributed by atoms with E-state index < -0.39 is 0 Å². The molecule has 5 aliphatic rings. The summed E-state index contributed by atoms with van der Waals surface area (Å²) in [4.78, 5) is 0. The molecule has 26 heavy (non-hydrogen) atoms. The van der Waals surface area contributed by atoms with Gasteiger partial charge in [0.15, 0.2) is 0 Å². The molecule has 4 aliphatic carbocycles. The van der Waals surface area contributed by atoms with Gasteiger partial charge in [0.25, 0.3) is 11.2 Å². The molecule has 0 aromatic heterocycles. The van der Waals surface area contributed by atoms with Crippen molar-refractivity contribution in [3.05, 3.63) is 11.5 Å². The molecule has 0 bridgehead atoms. The van der Waals surface area contributed by atoms with Crippen LogP contribution in [-0.4, -0.2) is 21.9 Å². The monoisotopic (exact) mass is 358 g/mol. The second kappa shape index (κ2) is 5.12. The summed E-state index contributed by atoms with van der Waals surface area (Å²) >= 11 is 0. The van der Waals surface area contributed by atoms with E-state index in [0.29, 0.717) is 36.2 Å². The predicted octanol–water partition coefficient (Wildman–Crippen LogP) is 3.64. The molecule has 1 heterocycles. The zero-order valence-electron chi connectivity index (χ0n) is 16.6. The molecule has 1 unspecified atom stereocenters. The van der Waals surface area contributed by atoms with Crippen LogP contribution in [0, 0.1) is 46.0 Å². The Morgan fingerprint density at radius 1 is 1.15 bits per heavy atom. The first kappa shape index (κ1) is 17.2. The van der Waals surface area contributed by atoms with Gasteiger partial charge in [0.1, 0.15) is 0 Å². The molecule has 8 atom stereocenters. The Kier molecular flexibility index (Phi) is 3.39. The van der Waals surface area contributed by atoms with E-state index in [9.17, 15) is 10.2 Å². The Bertz CT molecular complexity index is 702. The highest BCUT2D eigenvalue weighted by molar-refractivity contribution is 5.34. The molecule has 4 heteroatoms. The molecule has 1 aliphatic heterocycles.